The molecule has 1 fully saturated rings. The van der Waals surface area contributed by atoms with E-state index in [9.17, 15) is 14.7 Å². The molecule has 2 aromatic carbocycles. The second-order valence-corrected chi connectivity index (χ2v) is 5.88. The van der Waals surface area contributed by atoms with E-state index in [2.05, 4.69) is 10.2 Å². The van der Waals surface area contributed by atoms with Crippen molar-refractivity contribution < 1.29 is 14.7 Å². The van der Waals surface area contributed by atoms with Crippen LogP contribution in [0.4, 0.5) is 5.69 Å². The molecule has 0 spiro atoms. The Labute approximate surface area is 133 Å². The summed E-state index contributed by atoms with van der Waals surface area (Å²) in [5, 5.41) is 12.6. The first kappa shape index (κ1) is 13.8. The Morgan fingerprint density at radius 3 is 2.30 bits per heavy atom. The van der Waals surface area contributed by atoms with Crippen LogP contribution in [-0.4, -0.2) is 30.0 Å². The van der Waals surface area contributed by atoms with Crippen molar-refractivity contribution in [3.8, 4) is 16.9 Å². The molecule has 116 valence electrons. The molecule has 23 heavy (non-hydrogen) atoms. The van der Waals surface area contributed by atoms with Crippen LogP contribution < -0.4 is 10.2 Å². The zero-order valence-electron chi connectivity index (χ0n) is 12.5. The van der Waals surface area contributed by atoms with E-state index in [0.717, 1.165) is 37.2 Å². The van der Waals surface area contributed by atoms with E-state index < -0.39 is 0 Å². The first-order chi connectivity index (χ1) is 11.2. The second kappa shape index (κ2) is 5.12. The number of phenolic OH excluding ortho intramolecular Hbond substituents is 1. The van der Waals surface area contributed by atoms with Crippen molar-refractivity contribution in [1.82, 2.24) is 5.32 Å². The summed E-state index contributed by atoms with van der Waals surface area (Å²) in [5.41, 5.74) is 3.05. The number of hydrogen-bond donors (Lipinski definition) is 2. The van der Waals surface area contributed by atoms with Crippen LogP contribution in [0.15, 0.2) is 36.4 Å². The van der Waals surface area contributed by atoms with Gasteiger partial charge in [0.25, 0.3) is 11.8 Å². The van der Waals surface area contributed by atoms with Crippen LogP contribution in [0.1, 0.15) is 33.6 Å². The number of nitrogens with zero attached hydrogens (tertiary/aromatic N) is 1. The average Bonchev–Trinajstić information content (AvgIpc) is 3.16. The smallest absolute Gasteiger partial charge is 0.261 e. The van der Waals surface area contributed by atoms with Crippen LogP contribution in [0.5, 0.6) is 5.75 Å². The standard InChI is InChI=1S/C18H16N2O3/c21-14-6-2-1-5-11(14)12-7-8-13-15(18(23)19-17(13)22)16(12)20-9-3-4-10-20/h1-2,5-8,21H,3-4,9-10H2,(H,19,22,23). The van der Waals surface area contributed by atoms with Gasteiger partial charge in [0.2, 0.25) is 0 Å². The highest BCUT2D eigenvalue weighted by atomic mass is 16.3. The summed E-state index contributed by atoms with van der Waals surface area (Å²) in [6.07, 6.45) is 2.11. The van der Waals surface area contributed by atoms with Gasteiger partial charge in [-0.3, -0.25) is 14.9 Å². The Morgan fingerprint density at radius 1 is 0.870 bits per heavy atom. The maximum atomic E-state index is 12.3. The highest BCUT2D eigenvalue weighted by molar-refractivity contribution is 6.25. The molecule has 0 aliphatic carbocycles. The number of carbonyl (C=O) groups is 2. The van der Waals surface area contributed by atoms with E-state index in [1.165, 1.54) is 0 Å². The van der Waals surface area contributed by atoms with Gasteiger partial charge in [-0.2, -0.15) is 0 Å². The first-order valence-electron chi connectivity index (χ1n) is 7.73. The molecule has 2 N–H and O–H groups in total. The summed E-state index contributed by atoms with van der Waals surface area (Å²) in [4.78, 5) is 26.4. The molecule has 2 aliphatic rings. The van der Waals surface area contributed by atoms with E-state index in [-0.39, 0.29) is 17.6 Å². The van der Waals surface area contributed by atoms with Crippen LogP contribution in [0.3, 0.4) is 0 Å². The lowest BCUT2D eigenvalue weighted by atomic mass is 9.95. The minimum absolute atomic E-state index is 0.164. The predicted molar refractivity (Wildman–Crippen MR) is 86.8 cm³/mol. The quantitative estimate of drug-likeness (QED) is 0.837. The normalized spacial score (nSPS) is 16.6. The minimum atomic E-state index is -0.357. The highest BCUT2D eigenvalue weighted by Crippen LogP contribution is 2.41. The van der Waals surface area contributed by atoms with Crippen LogP contribution in [-0.2, 0) is 0 Å². The maximum absolute atomic E-state index is 12.3. The van der Waals surface area contributed by atoms with Gasteiger partial charge in [0.05, 0.1) is 16.8 Å². The number of carbonyl (C=O) groups excluding carboxylic acids is 2. The number of fused-ring (bicyclic) bond motifs is 1. The zero-order chi connectivity index (χ0) is 16.0. The summed E-state index contributed by atoms with van der Waals surface area (Å²) in [5.74, 6) is -0.545. The van der Waals surface area contributed by atoms with Gasteiger partial charge in [0.1, 0.15) is 5.75 Å². The fourth-order valence-electron chi connectivity index (χ4n) is 3.43. The number of para-hydroxylation sites is 1. The Kier molecular flexibility index (Phi) is 3.08. The molecule has 0 atom stereocenters. The van der Waals surface area contributed by atoms with Gasteiger partial charge in [-0.1, -0.05) is 24.3 Å². The summed E-state index contributed by atoms with van der Waals surface area (Å²) >= 11 is 0. The zero-order valence-corrected chi connectivity index (χ0v) is 12.5. The van der Waals surface area contributed by atoms with Crippen molar-refractivity contribution >= 4 is 17.5 Å². The lowest BCUT2D eigenvalue weighted by molar-refractivity contribution is 0.0880. The number of phenols is 1. The third-order valence-electron chi connectivity index (χ3n) is 4.49. The van der Waals surface area contributed by atoms with Crippen LogP contribution in [0.2, 0.25) is 0 Å². The lowest BCUT2D eigenvalue weighted by Gasteiger charge is -2.24. The van der Waals surface area contributed by atoms with Crippen molar-refractivity contribution in [2.75, 3.05) is 18.0 Å². The van der Waals surface area contributed by atoms with E-state index in [0.29, 0.717) is 16.7 Å². The molecule has 0 bridgehead atoms. The largest absolute Gasteiger partial charge is 0.507 e. The number of hydrogen-bond acceptors (Lipinski definition) is 4. The average molecular weight is 308 g/mol. The van der Waals surface area contributed by atoms with Crippen molar-refractivity contribution in [2.24, 2.45) is 0 Å². The van der Waals surface area contributed by atoms with Crippen molar-refractivity contribution in [3.63, 3.8) is 0 Å². The molecule has 0 unspecified atom stereocenters. The fraction of sp³-hybridized carbons (Fsp3) is 0.222. The van der Waals surface area contributed by atoms with E-state index in [4.69, 9.17) is 0 Å². The van der Waals surface area contributed by atoms with Crippen LogP contribution >= 0.6 is 0 Å². The molecule has 0 aromatic heterocycles. The highest BCUT2D eigenvalue weighted by Gasteiger charge is 2.34. The monoisotopic (exact) mass is 308 g/mol. The summed E-state index contributed by atoms with van der Waals surface area (Å²) in [6, 6.07) is 10.5. The molecule has 5 heteroatoms. The molecule has 2 amide bonds. The van der Waals surface area contributed by atoms with Gasteiger partial charge in [-0.15, -0.1) is 0 Å². The summed E-state index contributed by atoms with van der Waals surface area (Å²) < 4.78 is 0. The predicted octanol–water partition coefficient (Wildman–Crippen LogP) is 2.54. The third-order valence-corrected chi connectivity index (χ3v) is 4.49. The summed E-state index contributed by atoms with van der Waals surface area (Å²) in [7, 11) is 0. The van der Waals surface area contributed by atoms with E-state index in [1.807, 2.05) is 18.2 Å². The molecular formula is C18H16N2O3. The van der Waals surface area contributed by atoms with Gasteiger partial charge in [0.15, 0.2) is 0 Å². The molecular weight excluding hydrogens is 292 g/mol. The minimum Gasteiger partial charge on any atom is -0.507 e. The van der Waals surface area contributed by atoms with Crippen molar-refractivity contribution in [3.05, 3.63) is 47.5 Å². The van der Waals surface area contributed by atoms with Crippen LogP contribution in [0.25, 0.3) is 11.1 Å². The Balaban J connectivity index is 2.00. The number of anilines is 1. The van der Waals surface area contributed by atoms with E-state index >= 15 is 0 Å². The van der Waals surface area contributed by atoms with E-state index in [1.54, 1.807) is 18.2 Å². The topological polar surface area (TPSA) is 69.6 Å². The first-order valence-corrected chi connectivity index (χ1v) is 7.73. The molecule has 4 rings (SSSR count). The van der Waals surface area contributed by atoms with Crippen molar-refractivity contribution in [1.29, 1.82) is 0 Å². The molecule has 1 saturated heterocycles. The molecule has 2 aromatic rings. The van der Waals surface area contributed by atoms with Gasteiger partial charge in [-0.05, 0) is 25.0 Å². The van der Waals surface area contributed by atoms with Gasteiger partial charge in [0, 0.05) is 24.2 Å². The van der Waals surface area contributed by atoms with Crippen LogP contribution in [0, 0.1) is 0 Å². The maximum Gasteiger partial charge on any atom is 0.261 e. The van der Waals surface area contributed by atoms with Gasteiger partial charge < -0.3 is 10.0 Å². The molecule has 0 radical (unpaired) electrons. The van der Waals surface area contributed by atoms with Crippen molar-refractivity contribution in [2.45, 2.75) is 12.8 Å². The van der Waals surface area contributed by atoms with Gasteiger partial charge in [-0.25, -0.2) is 0 Å². The SMILES string of the molecule is O=C1NC(=O)c2c1ccc(-c1ccccc1O)c2N1CCCC1. The Bertz CT molecular complexity index is 823. The molecule has 0 saturated carbocycles. The number of amides is 2. The molecule has 2 aliphatic heterocycles. The Hall–Kier alpha value is -2.82. The summed E-state index contributed by atoms with van der Waals surface area (Å²) in [6.45, 7) is 1.69. The number of rotatable bonds is 2. The van der Waals surface area contributed by atoms with Gasteiger partial charge >= 0.3 is 0 Å². The fourth-order valence-corrected chi connectivity index (χ4v) is 3.43. The number of imide groups is 1. The second-order valence-electron chi connectivity index (χ2n) is 5.88. The molecule has 5 nitrogen and oxygen atoms in total. The number of aromatic hydroxyl groups is 1. The Morgan fingerprint density at radius 2 is 1.57 bits per heavy atom. The lowest BCUT2D eigenvalue weighted by Crippen LogP contribution is -2.23. The third kappa shape index (κ3) is 2.08. The number of benzene rings is 2. The number of nitrogens with one attached hydrogen (secondary N) is 1. The molecule has 2 heterocycles.